The number of piperidine rings is 1. The summed E-state index contributed by atoms with van der Waals surface area (Å²) in [6.07, 6.45) is 2.08. The predicted molar refractivity (Wildman–Crippen MR) is 98.1 cm³/mol. The molecule has 132 valence electrons. The van der Waals surface area contributed by atoms with Crippen LogP contribution in [0.1, 0.15) is 30.1 Å². The molecule has 1 aliphatic rings. The summed E-state index contributed by atoms with van der Waals surface area (Å²) in [6, 6.07) is 13.5. The van der Waals surface area contributed by atoms with E-state index < -0.39 is 6.04 Å². The fraction of sp³-hybridized carbons (Fsp3) is 0.421. The number of hydrogen-bond donors (Lipinski definition) is 1. The first-order chi connectivity index (χ1) is 12.1. The number of carbonyl (C=O) groups is 1. The van der Waals surface area contributed by atoms with E-state index in [9.17, 15) is 4.79 Å². The van der Waals surface area contributed by atoms with Gasteiger partial charge in [0.2, 0.25) is 5.91 Å². The summed E-state index contributed by atoms with van der Waals surface area (Å²) in [5.74, 6) is 0.569. The lowest BCUT2D eigenvalue weighted by molar-refractivity contribution is -0.123. The van der Waals surface area contributed by atoms with Gasteiger partial charge in [0.15, 0.2) is 5.82 Å². The van der Waals surface area contributed by atoms with Crippen LogP contribution in [-0.2, 0) is 4.79 Å². The molecule has 6 nitrogen and oxygen atoms in total. The largest absolute Gasteiger partial charge is 0.368 e. The van der Waals surface area contributed by atoms with Gasteiger partial charge in [-0.1, -0.05) is 30.3 Å². The van der Waals surface area contributed by atoms with E-state index in [1.807, 2.05) is 56.4 Å². The highest BCUT2D eigenvalue weighted by molar-refractivity contribution is 5.81. The molecule has 0 spiro atoms. The molecule has 2 unspecified atom stereocenters. The van der Waals surface area contributed by atoms with Crippen LogP contribution in [0.5, 0.6) is 0 Å². The van der Waals surface area contributed by atoms with Crippen molar-refractivity contribution in [1.29, 1.82) is 0 Å². The highest BCUT2D eigenvalue weighted by atomic mass is 16.1. The fourth-order valence-corrected chi connectivity index (χ4v) is 3.50. The molecule has 2 aromatic rings. The summed E-state index contributed by atoms with van der Waals surface area (Å²) in [6.45, 7) is 3.69. The van der Waals surface area contributed by atoms with Gasteiger partial charge in [-0.3, -0.25) is 9.69 Å². The Hall–Kier alpha value is -2.47. The third-order valence-electron chi connectivity index (χ3n) is 4.87. The van der Waals surface area contributed by atoms with Gasteiger partial charge in [0.05, 0.1) is 5.69 Å². The lowest BCUT2D eigenvalue weighted by Crippen LogP contribution is -2.50. The van der Waals surface area contributed by atoms with Gasteiger partial charge in [-0.2, -0.15) is 5.10 Å². The molecule has 1 aliphatic heterocycles. The average molecular weight is 339 g/mol. The molecule has 3 rings (SSSR count). The summed E-state index contributed by atoms with van der Waals surface area (Å²) in [5.41, 5.74) is 7.57. The van der Waals surface area contributed by atoms with Crippen LogP contribution in [0.15, 0.2) is 42.5 Å². The molecule has 1 fully saturated rings. The minimum absolute atomic E-state index is 0.231. The number of rotatable bonds is 5. The summed E-state index contributed by atoms with van der Waals surface area (Å²) in [4.78, 5) is 16.5. The number of hydrogen-bond acceptors (Lipinski definition) is 5. The van der Waals surface area contributed by atoms with Crippen molar-refractivity contribution >= 4 is 11.7 Å². The van der Waals surface area contributed by atoms with Gasteiger partial charge in [-0.25, -0.2) is 0 Å². The molecular weight excluding hydrogens is 314 g/mol. The Bertz CT molecular complexity index is 704. The lowest BCUT2D eigenvalue weighted by Gasteiger charge is -2.40. The Balaban J connectivity index is 1.77. The van der Waals surface area contributed by atoms with Crippen LogP contribution in [0.2, 0.25) is 0 Å². The van der Waals surface area contributed by atoms with Crippen LogP contribution in [0.25, 0.3) is 0 Å². The topological polar surface area (TPSA) is 75.3 Å². The number of nitrogens with zero attached hydrogens (tertiary/aromatic N) is 4. The Labute approximate surface area is 148 Å². The Morgan fingerprint density at radius 2 is 2.00 bits per heavy atom. The standard InChI is InChI=1S/C19H25N5O/c1-14-10-11-17(22-21-14)24-12-6-9-16(13-24)23(2)18(19(20)25)15-7-4-3-5-8-15/h3-5,7-8,10-11,16,18H,6,9,12-13H2,1-2H3,(H2,20,25). The maximum atomic E-state index is 12.1. The van der Waals surface area contributed by atoms with Gasteiger partial charge in [0.25, 0.3) is 0 Å². The second-order valence-corrected chi connectivity index (χ2v) is 6.66. The molecule has 2 atom stereocenters. The molecule has 0 bridgehead atoms. The molecule has 1 saturated heterocycles. The number of likely N-dealkylation sites (N-methyl/N-ethyl adjacent to an activating group) is 1. The van der Waals surface area contributed by atoms with Gasteiger partial charge in [0.1, 0.15) is 6.04 Å². The summed E-state index contributed by atoms with van der Waals surface area (Å²) >= 11 is 0. The van der Waals surface area contributed by atoms with Crippen LogP contribution in [0, 0.1) is 6.92 Å². The van der Waals surface area contributed by atoms with Gasteiger partial charge in [-0.15, -0.1) is 5.10 Å². The van der Waals surface area contributed by atoms with Crippen LogP contribution < -0.4 is 10.6 Å². The fourth-order valence-electron chi connectivity index (χ4n) is 3.50. The molecular formula is C19H25N5O. The molecule has 0 radical (unpaired) electrons. The molecule has 6 heteroatoms. The second kappa shape index (κ2) is 7.61. The van der Waals surface area contributed by atoms with Crippen molar-refractivity contribution in [3.05, 3.63) is 53.7 Å². The Morgan fingerprint density at radius 3 is 2.64 bits per heavy atom. The Morgan fingerprint density at radius 1 is 1.24 bits per heavy atom. The highest BCUT2D eigenvalue weighted by Gasteiger charge is 2.31. The molecule has 0 saturated carbocycles. The number of aromatic nitrogens is 2. The van der Waals surface area contributed by atoms with Crippen LogP contribution >= 0.6 is 0 Å². The minimum Gasteiger partial charge on any atom is -0.368 e. The van der Waals surface area contributed by atoms with E-state index in [2.05, 4.69) is 20.0 Å². The number of benzene rings is 1. The molecule has 1 aromatic heterocycles. The maximum Gasteiger partial charge on any atom is 0.239 e. The van der Waals surface area contributed by atoms with Crippen molar-refractivity contribution in [2.24, 2.45) is 5.73 Å². The van der Waals surface area contributed by atoms with E-state index in [1.54, 1.807) is 0 Å². The van der Waals surface area contributed by atoms with Gasteiger partial charge < -0.3 is 10.6 Å². The molecule has 2 heterocycles. The summed E-state index contributed by atoms with van der Waals surface area (Å²) in [5, 5.41) is 8.46. The molecule has 1 aromatic carbocycles. The minimum atomic E-state index is -0.421. The summed E-state index contributed by atoms with van der Waals surface area (Å²) in [7, 11) is 1.98. The van der Waals surface area contributed by atoms with Crippen molar-refractivity contribution in [2.75, 3.05) is 25.0 Å². The smallest absolute Gasteiger partial charge is 0.239 e. The van der Waals surface area contributed by atoms with Crippen LogP contribution in [-0.4, -0.2) is 47.2 Å². The first-order valence-corrected chi connectivity index (χ1v) is 8.67. The van der Waals surface area contributed by atoms with Crippen LogP contribution in [0.3, 0.4) is 0 Å². The lowest BCUT2D eigenvalue weighted by atomic mass is 9.98. The zero-order valence-electron chi connectivity index (χ0n) is 14.8. The first-order valence-electron chi connectivity index (χ1n) is 8.67. The third kappa shape index (κ3) is 3.96. The van der Waals surface area contributed by atoms with E-state index in [1.165, 1.54) is 0 Å². The molecule has 2 N–H and O–H groups in total. The molecule has 0 aliphatic carbocycles. The molecule has 25 heavy (non-hydrogen) atoms. The third-order valence-corrected chi connectivity index (χ3v) is 4.87. The zero-order chi connectivity index (χ0) is 17.8. The number of primary amides is 1. The van der Waals surface area contributed by atoms with E-state index in [0.717, 1.165) is 43.0 Å². The summed E-state index contributed by atoms with van der Waals surface area (Å²) < 4.78 is 0. The Kier molecular flexibility index (Phi) is 5.28. The van der Waals surface area contributed by atoms with Crippen molar-refractivity contribution in [1.82, 2.24) is 15.1 Å². The number of aryl methyl sites for hydroxylation is 1. The van der Waals surface area contributed by atoms with E-state index >= 15 is 0 Å². The number of carbonyl (C=O) groups excluding carboxylic acids is 1. The monoisotopic (exact) mass is 339 g/mol. The van der Waals surface area contributed by atoms with Crippen molar-refractivity contribution in [3.63, 3.8) is 0 Å². The van der Waals surface area contributed by atoms with Crippen LogP contribution in [0.4, 0.5) is 5.82 Å². The highest BCUT2D eigenvalue weighted by Crippen LogP contribution is 2.27. The molecule has 1 amide bonds. The van der Waals surface area contributed by atoms with Crippen molar-refractivity contribution < 1.29 is 4.79 Å². The van der Waals surface area contributed by atoms with Crippen molar-refractivity contribution in [3.8, 4) is 0 Å². The number of amides is 1. The van der Waals surface area contributed by atoms with Gasteiger partial charge in [0, 0.05) is 19.1 Å². The predicted octanol–water partition coefficient (Wildman–Crippen LogP) is 1.91. The SMILES string of the molecule is Cc1ccc(N2CCCC(N(C)C(C(N)=O)c3ccccc3)C2)nn1. The van der Waals surface area contributed by atoms with Gasteiger partial charge in [-0.05, 0) is 44.5 Å². The van der Waals surface area contributed by atoms with E-state index in [4.69, 9.17) is 5.73 Å². The number of nitrogens with two attached hydrogens (primary N) is 1. The average Bonchev–Trinajstić information content (AvgIpc) is 2.63. The zero-order valence-corrected chi connectivity index (χ0v) is 14.8. The second-order valence-electron chi connectivity index (χ2n) is 6.66. The first kappa shape index (κ1) is 17.4. The number of anilines is 1. The maximum absolute atomic E-state index is 12.1. The van der Waals surface area contributed by atoms with Gasteiger partial charge >= 0.3 is 0 Å². The normalized spacial score (nSPS) is 19.0. The van der Waals surface area contributed by atoms with Crippen molar-refractivity contribution in [2.45, 2.75) is 31.8 Å². The van der Waals surface area contributed by atoms with E-state index in [0.29, 0.717) is 0 Å². The van der Waals surface area contributed by atoms with E-state index in [-0.39, 0.29) is 11.9 Å². The quantitative estimate of drug-likeness (QED) is 0.901.